The second kappa shape index (κ2) is 7.15. The van der Waals surface area contributed by atoms with E-state index in [0.717, 1.165) is 0 Å². The largest absolute Gasteiger partial charge is 0.480 e. The maximum atomic E-state index is 10.7. The van der Waals surface area contributed by atoms with Crippen LogP contribution < -0.4 is 5.32 Å². The van der Waals surface area contributed by atoms with Gasteiger partial charge < -0.3 is 10.4 Å². The average molecular weight is 210 g/mol. The molecule has 0 aliphatic heterocycles. The number of carboxylic acids is 1. The number of nitrogens with one attached hydrogen (secondary N) is 1. The lowest BCUT2D eigenvalue weighted by Crippen LogP contribution is -2.41. The van der Waals surface area contributed by atoms with Gasteiger partial charge in [0.2, 0.25) is 0 Å². The van der Waals surface area contributed by atoms with E-state index in [0.29, 0.717) is 12.3 Å². The highest BCUT2D eigenvalue weighted by atomic mass is 35.5. The zero-order valence-electron chi connectivity index (χ0n) is 8.70. The molecule has 0 aromatic heterocycles. The first kappa shape index (κ1) is 15.2. The van der Waals surface area contributed by atoms with Crippen molar-refractivity contribution in [2.24, 2.45) is 5.92 Å². The predicted molar refractivity (Wildman–Crippen MR) is 56.4 cm³/mol. The summed E-state index contributed by atoms with van der Waals surface area (Å²) in [6.07, 6.45) is 0.688. The third kappa shape index (κ3) is 8.06. The molecule has 0 aromatic rings. The Morgan fingerprint density at radius 2 is 1.77 bits per heavy atom. The van der Waals surface area contributed by atoms with E-state index in [1.165, 1.54) is 0 Å². The fourth-order valence-electron chi connectivity index (χ4n) is 1.11. The Labute approximate surface area is 86.3 Å². The molecule has 0 radical (unpaired) electrons. The van der Waals surface area contributed by atoms with E-state index in [1.807, 2.05) is 27.7 Å². The third-order valence-electron chi connectivity index (χ3n) is 1.54. The van der Waals surface area contributed by atoms with Crippen LogP contribution in [0.15, 0.2) is 0 Å². The normalized spacial score (nSPS) is 12.8. The lowest BCUT2D eigenvalue weighted by molar-refractivity contribution is -0.140. The molecule has 1 unspecified atom stereocenters. The molecule has 3 nitrogen and oxygen atoms in total. The summed E-state index contributed by atoms with van der Waals surface area (Å²) in [7, 11) is 0. The smallest absolute Gasteiger partial charge is 0.320 e. The van der Waals surface area contributed by atoms with Crippen molar-refractivity contribution < 1.29 is 9.90 Å². The van der Waals surface area contributed by atoms with Gasteiger partial charge in [-0.2, -0.15) is 0 Å². The van der Waals surface area contributed by atoms with Crippen LogP contribution in [-0.2, 0) is 4.79 Å². The molecule has 0 aliphatic rings. The van der Waals surface area contributed by atoms with Crippen LogP contribution in [0.25, 0.3) is 0 Å². The second-order valence-electron chi connectivity index (χ2n) is 3.84. The summed E-state index contributed by atoms with van der Waals surface area (Å²) in [5, 5.41) is 11.8. The molecule has 0 amide bonds. The Balaban J connectivity index is 0. The average Bonchev–Trinajstić information content (AvgIpc) is 1.83. The van der Waals surface area contributed by atoms with Crippen LogP contribution in [0.2, 0.25) is 0 Å². The summed E-state index contributed by atoms with van der Waals surface area (Å²) in [5.74, 6) is -0.338. The van der Waals surface area contributed by atoms with E-state index in [-0.39, 0.29) is 18.4 Å². The molecule has 0 aromatic carbocycles. The molecule has 0 heterocycles. The monoisotopic (exact) mass is 209 g/mol. The lowest BCUT2D eigenvalue weighted by atomic mass is 10.0. The quantitative estimate of drug-likeness (QED) is 0.727. The van der Waals surface area contributed by atoms with Crippen molar-refractivity contribution in [3.63, 3.8) is 0 Å². The molecule has 80 valence electrons. The SMILES string of the molecule is CC(C)CC(NC(C)C)C(=O)O.Cl. The lowest BCUT2D eigenvalue weighted by Gasteiger charge is -2.18. The number of hydrogen-bond acceptors (Lipinski definition) is 2. The highest BCUT2D eigenvalue weighted by Crippen LogP contribution is 2.05. The van der Waals surface area contributed by atoms with Gasteiger partial charge in [0.1, 0.15) is 6.04 Å². The minimum Gasteiger partial charge on any atom is -0.480 e. The molecule has 0 fully saturated rings. The summed E-state index contributed by atoms with van der Waals surface area (Å²) in [5.41, 5.74) is 0. The van der Waals surface area contributed by atoms with Crippen LogP contribution in [-0.4, -0.2) is 23.2 Å². The fourth-order valence-corrected chi connectivity index (χ4v) is 1.11. The van der Waals surface area contributed by atoms with Crippen molar-refractivity contribution in [1.29, 1.82) is 0 Å². The molecule has 13 heavy (non-hydrogen) atoms. The Morgan fingerprint density at radius 1 is 1.31 bits per heavy atom. The van der Waals surface area contributed by atoms with Gasteiger partial charge in [-0.05, 0) is 12.3 Å². The molecule has 0 aliphatic carbocycles. The summed E-state index contributed by atoms with van der Waals surface area (Å²) < 4.78 is 0. The zero-order valence-corrected chi connectivity index (χ0v) is 9.52. The minimum atomic E-state index is -0.752. The first-order valence-corrected chi connectivity index (χ1v) is 4.42. The summed E-state index contributed by atoms with van der Waals surface area (Å²) >= 11 is 0. The van der Waals surface area contributed by atoms with Crippen molar-refractivity contribution in [1.82, 2.24) is 5.32 Å². The Morgan fingerprint density at radius 3 is 2.00 bits per heavy atom. The van der Waals surface area contributed by atoms with E-state index in [1.54, 1.807) is 0 Å². The molecule has 0 rings (SSSR count). The van der Waals surface area contributed by atoms with Crippen molar-refractivity contribution in [2.75, 3.05) is 0 Å². The molecule has 0 saturated carbocycles. The summed E-state index contributed by atoms with van der Waals surface area (Å²) in [4.78, 5) is 10.7. The number of carbonyl (C=O) groups is 1. The van der Waals surface area contributed by atoms with Gasteiger partial charge in [-0.3, -0.25) is 4.79 Å². The molecule has 1 atom stereocenters. The second-order valence-corrected chi connectivity index (χ2v) is 3.84. The molecule has 0 saturated heterocycles. The molecular weight excluding hydrogens is 190 g/mol. The van der Waals surface area contributed by atoms with Crippen LogP contribution in [0.3, 0.4) is 0 Å². The number of halogens is 1. The Bertz CT molecular complexity index is 139. The standard InChI is InChI=1S/C9H19NO2.ClH/c1-6(2)5-8(9(11)12)10-7(3)4;/h6-8,10H,5H2,1-4H3,(H,11,12);1H. The van der Waals surface area contributed by atoms with E-state index in [4.69, 9.17) is 5.11 Å². The molecule has 0 spiro atoms. The number of carboxylic acid groups (broad SMARTS) is 1. The van der Waals surface area contributed by atoms with Crippen LogP contribution in [0, 0.1) is 5.92 Å². The van der Waals surface area contributed by atoms with Crippen molar-refractivity contribution in [3.8, 4) is 0 Å². The van der Waals surface area contributed by atoms with Gasteiger partial charge in [0.15, 0.2) is 0 Å². The Kier molecular flexibility index (Phi) is 8.37. The zero-order chi connectivity index (χ0) is 9.72. The maximum absolute atomic E-state index is 10.7. The number of aliphatic carboxylic acids is 1. The summed E-state index contributed by atoms with van der Waals surface area (Å²) in [6, 6.07) is -0.171. The van der Waals surface area contributed by atoms with Gasteiger partial charge in [0, 0.05) is 6.04 Å². The number of hydrogen-bond donors (Lipinski definition) is 2. The minimum absolute atomic E-state index is 0. The van der Waals surface area contributed by atoms with E-state index in [2.05, 4.69) is 5.32 Å². The van der Waals surface area contributed by atoms with Crippen molar-refractivity contribution >= 4 is 18.4 Å². The van der Waals surface area contributed by atoms with Gasteiger partial charge >= 0.3 is 5.97 Å². The van der Waals surface area contributed by atoms with Gasteiger partial charge in [-0.25, -0.2) is 0 Å². The van der Waals surface area contributed by atoms with E-state index >= 15 is 0 Å². The topological polar surface area (TPSA) is 49.3 Å². The van der Waals surface area contributed by atoms with Gasteiger partial charge in [0.25, 0.3) is 0 Å². The van der Waals surface area contributed by atoms with E-state index in [9.17, 15) is 4.79 Å². The van der Waals surface area contributed by atoms with Crippen LogP contribution in [0.5, 0.6) is 0 Å². The third-order valence-corrected chi connectivity index (χ3v) is 1.54. The van der Waals surface area contributed by atoms with Crippen LogP contribution in [0.4, 0.5) is 0 Å². The first-order valence-electron chi connectivity index (χ1n) is 4.42. The van der Waals surface area contributed by atoms with Gasteiger partial charge in [-0.1, -0.05) is 27.7 Å². The predicted octanol–water partition coefficient (Wildman–Crippen LogP) is 1.91. The van der Waals surface area contributed by atoms with Crippen LogP contribution >= 0.6 is 12.4 Å². The van der Waals surface area contributed by atoms with E-state index < -0.39 is 12.0 Å². The molecular formula is C9H20ClNO2. The first-order chi connectivity index (χ1) is 5.43. The highest BCUT2D eigenvalue weighted by Gasteiger charge is 2.18. The van der Waals surface area contributed by atoms with Gasteiger partial charge in [0.05, 0.1) is 0 Å². The molecule has 2 N–H and O–H groups in total. The fraction of sp³-hybridized carbons (Fsp3) is 0.889. The summed E-state index contributed by atoms with van der Waals surface area (Å²) in [6.45, 7) is 7.96. The van der Waals surface area contributed by atoms with Gasteiger partial charge in [-0.15, -0.1) is 12.4 Å². The van der Waals surface area contributed by atoms with Crippen LogP contribution in [0.1, 0.15) is 34.1 Å². The highest BCUT2D eigenvalue weighted by molar-refractivity contribution is 5.85. The van der Waals surface area contributed by atoms with Crippen molar-refractivity contribution in [2.45, 2.75) is 46.2 Å². The Hall–Kier alpha value is -0.280. The van der Waals surface area contributed by atoms with Crippen molar-refractivity contribution in [3.05, 3.63) is 0 Å². The number of rotatable bonds is 5. The molecule has 0 bridgehead atoms. The maximum Gasteiger partial charge on any atom is 0.320 e. The molecule has 4 heteroatoms.